The van der Waals surface area contributed by atoms with Gasteiger partial charge in [-0.3, -0.25) is 4.79 Å². The van der Waals surface area contributed by atoms with Crippen LogP contribution in [0.4, 0.5) is 0 Å². The number of carbonyl (C=O) groups excluding carboxylic acids is 1. The van der Waals surface area contributed by atoms with E-state index in [2.05, 4.69) is 21.2 Å². The maximum absolute atomic E-state index is 12.1. The lowest BCUT2D eigenvalue weighted by molar-refractivity contribution is 0.0930. The molecule has 2 nitrogen and oxygen atoms in total. The number of benzene rings is 1. The Morgan fingerprint density at radius 3 is 2.65 bits per heavy atom. The number of aryl methyl sites for hydroxylation is 1. The van der Waals surface area contributed by atoms with E-state index >= 15 is 0 Å². The van der Waals surface area contributed by atoms with Gasteiger partial charge in [0, 0.05) is 16.4 Å². The van der Waals surface area contributed by atoms with Crippen LogP contribution in [0, 0.1) is 12.8 Å². The molecule has 0 spiro atoms. The molecule has 1 atom stereocenters. The molecule has 17 heavy (non-hydrogen) atoms. The molecule has 0 aliphatic heterocycles. The summed E-state index contributed by atoms with van der Waals surface area (Å²) in [6.07, 6.45) is 0. The summed E-state index contributed by atoms with van der Waals surface area (Å²) in [5.41, 5.74) is 1.71. The van der Waals surface area contributed by atoms with E-state index < -0.39 is 0 Å². The van der Waals surface area contributed by atoms with E-state index in [1.54, 1.807) is 0 Å². The van der Waals surface area contributed by atoms with Crippen molar-refractivity contribution in [3.63, 3.8) is 0 Å². The molecule has 4 heteroatoms. The topological polar surface area (TPSA) is 29.1 Å². The summed E-state index contributed by atoms with van der Waals surface area (Å²) < 4.78 is 0.803. The van der Waals surface area contributed by atoms with Crippen LogP contribution in [0.1, 0.15) is 29.8 Å². The average Bonchev–Trinajstić information content (AvgIpc) is 2.28. The van der Waals surface area contributed by atoms with Crippen LogP contribution in [0.3, 0.4) is 0 Å². The minimum absolute atomic E-state index is 0.00317. The fourth-order valence-corrected chi connectivity index (χ4v) is 2.30. The lowest BCUT2D eigenvalue weighted by Crippen LogP contribution is -2.40. The Morgan fingerprint density at radius 2 is 2.12 bits per heavy atom. The van der Waals surface area contributed by atoms with Crippen LogP contribution in [-0.4, -0.2) is 17.8 Å². The Kier molecular flexibility index (Phi) is 5.47. The summed E-state index contributed by atoms with van der Waals surface area (Å²) in [6.45, 7) is 6.04. The number of hydrogen-bond acceptors (Lipinski definition) is 1. The molecule has 0 heterocycles. The van der Waals surface area contributed by atoms with Gasteiger partial charge in [-0.15, -0.1) is 11.6 Å². The van der Waals surface area contributed by atoms with Crippen molar-refractivity contribution in [3.8, 4) is 0 Å². The molecule has 1 rings (SSSR count). The van der Waals surface area contributed by atoms with E-state index in [4.69, 9.17) is 11.6 Å². The highest BCUT2D eigenvalue weighted by molar-refractivity contribution is 9.10. The van der Waals surface area contributed by atoms with Gasteiger partial charge in [0.25, 0.3) is 5.91 Å². The molecule has 1 amide bonds. The largest absolute Gasteiger partial charge is 0.348 e. The summed E-state index contributed by atoms with van der Waals surface area (Å²) in [4.78, 5) is 12.1. The molecular formula is C13H17BrClNO. The third-order valence-corrected chi connectivity index (χ3v) is 3.68. The van der Waals surface area contributed by atoms with Crippen molar-refractivity contribution in [2.75, 3.05) is 5.88 Å². The SMILES string of the molecule is Cc1ccc(Br)c(C(=O)NC(CCl)C(C)C)c1. The molecular weight excluding hydrogens is 302 g/mol. The highest BCUT2D eigenvalue weighted by atomic mass is 79.9. The van der Waals surface area contributed by atoms with Gasteiger partial charge in [0.05, 0.1) is 5.56 Å². The molecule has 0 saturated heterocycles. The van der Waals surface area contributed by atoms with Crippen molar-refractivity contribution in [1.82, 2.24) is 5.32 Å². The minimum atomic E-state index is -0.0834. The molecule has 0 saturated carbocycles. The van der Waals surface area contributed by atoms with Gasteiger partial charge in [-0.1, -0.05) is 25.5 Å². The lowest BCUT2D eigenvalue weighted by Gasteiger charge is -2.20. The minimum Gasteiger partial charge on any atom is -0.348 e. The number of carbonyl (C=O) groups is 1. The van der Waals surface area contributed by atoms with Crippen molar-refractivity contribution < 1.29 is 4.79 Å². The van der Waals surface area contributed by atoms with Crippen LogP contribution in [0.2, 0.25) is 0 Å². The number of nitrogens with one attached hydrogen (secondary N) is 1. The second kappa shape index (κ2) is 6.41. The zero-order chi connectivity index (χ0) is 13.0. The first-order valence-corrected chi connectivity index (χ1v) is 6.91. The summed E-state index contributed by atoms with van der Waals surface area (Å²) >= 11 is 9.22. The summed E-state index contributed by atoms with van der Waals surface area (Å²) in [5.74, 6) is 0.660. The average molecular weight is 319 g/mol. The fourth-order valence-electron chi connectivity index (χ4n) is 1.44. The lowest BCUT2D eigenvalue weighted by atomic mass is 10.1. The zero-order valence-electron chi connectivity index (χ0n) is 10.3. The molecule has 1 aromatic rings. The predicted octanol–water partition coefficient (Wildman–Crippen LogP) is 3.75. The van der Waals surface area contributed by atoms with Crippen LogP contribution in [0.5, 0.6) is 0 Å². The Labute approximate surface area is 116 Å². The van der Waals surface area contributed by atoms with Crippen molar-refractivity contribution >= 4 is 33.4 Å². The highest BCUT2D eigenvalue weighted by Crippen LogP contribution is 2.18. The molecule has 1 unspecified atom stereocenters. The molecule has 0 aromatic heterocycles. The van der Waals surface area contributed by atoms with Crippen LogP contribution in [-0.2, 0) is 0 Å². The van der Waals surface area contributed by atoms with Crippen molar-refractivity contribution in [2.24, 2.45) is 5.92 Å². The number of alkyl halides is 1. The molecule has 1 N–H and O–H groups in total. The summed E-state index contributed by atoms with van der Waals surface area (Å²) in [7, 11) is 0. The second-order valence-corrected chi connectivity index (χ2v) is 5.62. The number of halogens is 2. The molecule has 0 fully saturated rings. The van der Waals surface area contributed by atoms with Crippen LogP contribution in [0.15, 0.2) is 22.7 Å². The van der Waals surface area contributed by atoms with Crippen molar-refractivity contribution in [2.45, 2.75) is 26.8 Å². The van der Waals surface area contributed by atoms with Crippen molar-refractivity contribution in [1.29, 1.82) is 0 Å². The first-order valence-electron chi connectivity index (χ1n) is 5.58. The molecule has 1 aromatic carbocycles. The Hall–Kier alpha value is -0.540. The van der Waals surface area contributed by atoms with E-state index in [0.717, 1.165) is 10.0 Å². The van der Waals surface area contributed by atoms with Gasteiger partial charge in [-0.25, -0.2) is 0 Å². The Balaban J connectivity index is 2.86. The summed E-state index contributed by atoms with van der Waals surface area (Å²) in [6, 6.07) is 5.71. The molecule has 0 aliphatic carbocycles. The maximum Gasteiger partial charge on any atom is 0.252 e. The second-order valence-electron chi connectivity index (χ2n) is 4.46. The highest BCUT2D eigenvalue weighted by Gasteiger charge is 2.17. The first kappa shape index (κ1) is 14.5. The van der Waals surface area contributed by atoms with Crippen LogP contribution >= 0.6 is 27.5 Å². The monoisotopic (exact) mass is 317 g/mol. The Bertz CT molecular complexity index is 406. The number of amides is 1. The number of rotatable bonds is 4. The predicted molar refractivity (Wildman–Crippen MR) is 75.7 cm³/mol. The number of hydrogen-bond donors (Lipinski definition) is 1. The third kappa shape index (κ3) is 4.00. The Morgan fingerprint density at radius 1 is 1.47 bits per heavy atom. The molecule has 94 valence electrons. The molecule has 0 radical (unpaired) electrons. The van der Waals surface area contributed by atoms with Gasteiger partial charge in [-0.05, 0) is 40.9 Å². The smallest absolute Gasteiger partial charge is 0.252 e. The van der Waals surface area contributed by atoms with E-state index in [0.29, 0.717) is 17.4 Å². The first-order chi connectivity index (χ1) is 7.95. The van der Waals surface area contributed by atoms with E-state index in [-0.39, 0.29) is 11.9 Å². The van der Waals surface area contributed by atoms with Gasteiger partial charge in [0.2, 0.25) is 0 Å². The van der Waals surface area contributed by atoms with E-state index in [1.807, 2.05) is 39.0 Å². The maximum atomic E-state index is 12.1. The van der Waals surface area contributed by atoms with Crippen LogP contribution < -0.4 is 5.32 Å². The van der Waals surface area contributed by atoms with Crippen molar-refractivity contribution in [3.05, 3.63) is 33.8 Å². The normalized spacial score (nSPS) is 12.6. The quantitative estimate of drug-likeness (QED) is 0.842. The summed E-state index contributed by atoms with van der Waals surface area (Å²) in [5, 5.41) is 2.95. The van der Waals surface area contributed by atoms with Gasteiger partial charge in [-0.2, -0.15) is 0 Å². The van der Waals surface area contributed by atoms with E-state index in [1.165, 1.54) is 0 Å². The van der Waals surface area contributed by atoms with E-state index in [9.17, 15) is 4.79 Å². The fraction of sp³-hybridized carbons (Fsp3) is 0.462. The zero-order valence-corrected chi connectivity index (χ0v) is 12.6. The third-order valence-electron chi connectivity index (χ3n) is 2.65. The van der Waals surface area contributed by atoms with Crippen LogP contribution in [0.25, 0.3) is 0 Å². The molecule has 0 bridgehead atoms. The molecule has 0 aliphatic rings. The standard InChI is InChI=1S/C13H17BrClNO/c1-8(2)12(7-15)16-13(17)10-6-9(3)4-5-11(10)14/h4-6,8,12H,7H2,1-3H3,(H,16,17). The van der Waals surface area contributed by atoms with Gasteiger partial charge < -0.3 is 5.32 Å². The van der Waals surface area contributed by atoms with Gasteiger partial charge in [0.1, 0.15) is 0 Å². The van der Waals surface area contributed by atoms with Gasteiger partial charge >= 0.3 is 0 Å². The van der Waals surface area contributed by atoms with Gasteiger partial charge in [0.15, 0.2) is 0 Å².